The molecule has 28 heavy (non-hydrogen) atoms. The van der Waals surface area contributed by atoms with Crippen LogP contribution in [0.5, 0.6) is 0 Å². The first-order chi connectivity index (χ1) is 13.6. The van der Waals surface area contributed by atoms with Crippen molar-refractivity contribution < 1.29 is 9.21 Å². The van der Waals surface area contributed by atoms with E-state index < -0.39 is 0 Å². The van der Waals surface area contributed by atoms with Crippen molar-refractivity contribution in [3.05, 3.63) is 64.7 Å². The normalized spacial score (nSPS) is 14.2. The number of benzene rings is 1. The Morgan fingerprint density at radius 2 is 1.82 bits per heavy atom. The van der Waals surface area contributed by atoms with Crippen LogP contribution in [0.3, 0.4) is 0 Å². The lowest BCUT2D eigenvalue weighted by atomic mass is 10.3. The number of nitrogens with one attached hydrogen (secondary N) is 1. The number of carbonyl (C=O) groups excluding carboxylic acids is 1. The van der Waals surface area contributed by atoms with Crippen LogP contribution in [0.4, 0.5) is 17.5 Å². The Morgan fingerprint density at radius 3 is 2.50 bits per heavy atom. The maximum absolute atomic E-state index is 12.5. The highest BCUT2D eigenvalue weighted by atomic mass is 79.9. The fraction of sp³-hybridized carbons (Fsp3) is 0.250. The number of para-hydroxylation sites is 1. The lowest BCUT2D eigenvalue weighted by molar-refractivity contribution is 0.0712. The van der Waals surface area contributed by atoms with Crippen LogP contribution in [0.25, 0.3) is 0 Å². The zero-order valence-corrected chi connectivity index (χ0v) is 17.0. The van der Waals surface area contributed by atoms with E-state index in [1.165, 1.54) is 0 Å². The van der Waals surface area contributed by atoms with Crippen LogP contribution in [-0.4, -0.2) is 47.0 Å². The number of aromatic nitrogens is 2. The molecule has 0 bridgehead atoms. The Bertz CT molecular complexity index is 968. The highest BCUT2D eigenvalue weighted by molar-refractivity contribution is 9.10. The van der Waals surface area contributed by atoms with E-state index in [4.69, 9.17) is 4.42 Å². The summed E-state index contributed by atoms with van der Waals surface area (Å²) in [6.45, 7) is 4.48. The summed E-state index contributed by atoms with van der Waals surface area (Å²) in [5.74, 6) is 1.68. The van der Waals surface area contributed by atoms with Gasteiger partial charge in [-0.05, 0) is 47.1 Å². The average molecular weight is 442 g/mol. The number of anilines is 3. The molecule has 4 rings (SSSR count). The Hall–Kier alpha value is -2.87. The quantitative estimate of drug-likeness (QED) is 0.662. The van der Waals surface area contributed by atoms with E-state index >= 15 is 0 Å². The molecular weight excluding hydrogens is 422 g/mol. The van der Waals surface area contributed by atoms with Gasteiger partial charge in [0.25, 0.3) is 5.91 Å². The van der Waals surface area contributed by atoms with Gasteiger partial charge in [-0.1, -0.05) is 18.2 Å². The molecular formula is C20H20BrN5O2. The first-order valence-electron chi connectivity index (χ1n) is 9.06. The van der Waals surface area contributed by atoms with Gasteiger partial charge in [-0.25, -0.2) is 4.98 Å². The van der Waals surface area contributed by atoms with Gasteiger partial charge < -0.3 is 19.5 Å². The van der Waals surface area contributed by atoms with Gasteiger partial charge in [0, 0.05) is 43.6 Å². The summed E-state index contributed by atoms with van der Waals surface area (Å²) < 4.78 is 5.93. The van der Waals surface area contributed by atoms with Crippen LogP contribution in [0.1, 0.15) is 16.2 Å². The van der Waals surface area contributed by atoms with Gasteiger partial charge in [0.1, 0.15) is 5.82 Å². The molecule has 2 aromatic heterocycles. The number of furan rings is 1. The van der Waals surface area contributed by atoms with Crippen LogP contribution in [0, 0.1) is 6.92 Å². The van der Waals surface area contributed by atoms with Crippen LogP contribution in [-0.2, 0) is 0 Å². The van der Waals surface area contributed by atoms with E-state index in [1.807, 2.05) is 43.3 Å². The molecule has 0 spiro atoms. The zero-order valence-electron chi connectivity index (χ0n) is 15.4. The molecule has 8 heteroatoms. The Kier molecular flexibility index (Phi) is 5.29. The van der Waals surface area contributed by atoms with Gasteiger partial charge >= 0.3 is 0 Å². The van der Waals surface area contributed by atoms with E-state index in [9.17, 15) is 4.79 Å². The maximum atomic E-state index is 12.5. The number of amides is 1. The molecule has 3 aromatic rings. The van der Waals surface area contributed by atoms with E-state index in [0.717, 1.165) is 17.2 Å². The Morgan fingerprint density at radius 1 is 1.07 bits per heavy atom. The number of aryl methyl sites for hydroxylation is 1. The number of hydrogen-bond acceptors (Lipinski definition) is 6. The predicted molar refractivity (Wildman–Crippen MR) is 111 cm³/mol. The maximum Gasteiger partial charge on any atom is 0.289 e. The molecule has 1 aromatic carbocycles. The van der Waals surface area contributed by atoms with Crippen LogP contribution in [0.2, 0.25) is 0 Å². The monoisotopic (exact) mass is 441 g/mol. The molecule has 0 atom stereocenters. The number of rotatable bonds is 4. The highest BCUT2D eigenvalue weighted by Crippen LogP contribution is 2.21. The van der Waals surface area contributed by atoms with Crippen molar-refractivity contribution in [1.29, 1.82) is 0 Å². The standard InChI is InChI=1S/C20H20BrN5O2/c1-14-13-18(23-15-5-3-2-4-6-15)24-20(22-14)26-11-9-25(10-12-26)19(27)16-7-8-17(21)28-16/h2-8,13H,9-12H2,1H3,(H,22,23,24). The zero-order chi connectivity index (χ0) is 19.5. The summed E-state index contributed by atoms with van der Waals surface area (Å²) in [5.41, 5.74) is 1.87. The molecule has 0 saturated carbocycles. The van der Waals surface area contributed by atoms with Gasteiger partial charge in [-0.15, -0.1) is 0 Å². The van der Waals surface area contributed by atoms with Crippen LogP contribution < -0.4 is 10.2 Å². The van der Waals surface area contributed by atoms with Crippen molar-refractivity contribution in [2.75, 3.05) is 36.4 Å². The van der Waals surface area contributed by atoms with Gasteiger partial charge in [0.05, 0.1) is 0 Å². The third kappa shape index (κ3) is 4.17. The number of piperazine rings is 1. The summed E-state index contributed by atoms with van der Waals surface area (Å²) in [4.78, 5) is 25.7. The third-order valence-corrected chi connectivity index (χ3v) is 4.95. The summed E-state index contributed by atoms with van der Waals surface area (Å²) in [5, 5.41) is 3.32. The third-order valence-electron chi connectivity index (χ3n) is 4.52. The van der Waals surface area contributed by atoms with E-state index in [-0.39, 0.29) is 5.91 Å². The molecule has 1 amide bonds. The summed E-state index contributed by atoms with van der Waals surface area (Å²) >= 11 is 3.23. The smallest absolute Gasteiger partial charge is 0.289 e. The van der Waals surface area contributed by atoms with Gasteiger partial charge in [-0.2, -0.15) is 4.98 Å². The number of carbonyl (C=O) groups is 1. The molecule has 7 nitrogen and oxygen atoms in total. The molecule has 144 valence electrons. The summed E-state index contributed by atoms with van der Waals surface area (Å²) in [7, 11) is 0. The fourth-order valence-corrected chi connectivity index (χ4v) is 3.43. The fourth-order valence-electron chi connectivity index (χ4n) is 3.12. The van der Waals surface area contributed by atoms with E-state index in [2.05, 4.69) is 36.1 Å². The Labute approximate surface area is 171 Å². The molecule has 1 fully saturated rings. The minimum Gasteiger partial charge on any atom is -0.444 e. The van der Waals surface area contributed by atoms with Crippen molar-refractivity contribution in [1.82, 2.24) is 14.9 Å². The second-order valence-corrected chi connectivity index (χ2v) is 7.35. The topological polar surface area (TPSA) is 74.5 Å². The second-order valence-electron chi connectivity index (χ2n) is 6.57. The van der Waals surface area contributed by atoms with Crippen molar-refractivity contribution in [2.45, 2.75) is 6.92 Å². The Balaban J connectivity index is 1.43. The number of nitrogens with zero attached hydrogens (tertiary/aromatic N) is 4. The van der Waals surface area contributed by atoms with Gasteiger partial charge in [-0.3, -0.25) is 4.79 Å². The summed E-state index contributed by atoms with van der Waals surface area (Å²) in [6.07, 6.45) is 0. The highest BCUT2D eigenvalue weighted by Gasteiger charge is 2.25. The first-order valence-corrected chi connectivity index (χ1v) is 9.85. The molecule has 3 heterocycles. The number of hydrogen-bond donors (Lipinski definition) is 1. The van der Waals surface area contributed by atoms with Crippen molar-refractivity contribution in [2.24, 2.45) is 0 Å². The minimum atomic E-state index is -0.0954. The summed E-state index contributed by atoms with van der Waals surface area (Å²) in [6, 6.07) is 15.3. The van der Waals surface area contributed by atoms with Crippen molar-refractivity contribution in [3.8, 4) is 0 Å². The average Bonchev–Trinajstić information content (AvgIpc) is 3.14. The largest absolute Gasteiger partial charge is 0.444 e. The molecule has 1 N–H and O–H groups in total. The second kappa shape index (κ2) is 8.02. The predicted octanol–water partition coefficient (Wildman–Crippen LogP) is 3.85. The SMILES string of the molecule is Cc1cc(Nc2ccccc2)nc(N2CCN(C(=O)c3ccc(Br)o3)CC2)n1. The van der Waals surface area contributed by atoms with Crippen molar-refractivity contribution in [3.63, 3.8) is 0 Å². The molecule has 0 aliphatic carbocycles. The molecule has 1 aliphatic heterocycles. The lowest BCUT2D eigenvalue weighted by Gasteiger charge is -2.34. The molecule has 0 radical (unpaired) electrons. The van der Waals surface area contributed by atoms with Gasteiger partial charge in [0.2, 0.25) is 5.95 Å². The lowest BCUT2D eigenvalue weighted by Crippen LogP contribution is -2.49. The first kappa shape index (κ1) is 18.5. The molecule has 1 aliphatic rings. The molecule has 0 unspecified atom stereocenters. The van der Waals surface area contributed by atoms with E-state index in [1.54, 1.807) is 17.0 Å². The van der Waals surface area contributed by atoms with Gasteiger partial charge in [0.15, 0.2) is 10.4 Å². The van der Waals surface area contributed by atoms with Crippen LogP contribution >= 0.6 is 15.9 Å². The minimum absolute atomic E-state index is 0.0954. The van der Waals surface area contributed by atoms with Crippen molar-refractivity contribution >= 4 is 39.3 Å². The van der Waals surface area contributed by atoms with Crippen LogP contribution in [0.15, 0.2) is 57.6 Å². The molecule has 1 saturated heterocycles. The number of halogens is 1. The van der Waals surface area contributed by atoms with E-state index in [0.29, 0.717) is 42.6 Å².